The number of aliphatic hydroxyl groups excluding tert-OH is 1. The fourth-order valence-corrected chi connectivity index (χ4v) is 1.94. The SMILES string of the molecule is Cc1ccc(-c2ccc(C(=O)N(C)CCO)o2)cc1C. The lowest BCUT2D eigenvalue weighted by molar-refractivity contribution is 0.0736. The van der Waals surface area contributed by atoms with E-state index in [0.717, 1.165) is 5.56 Å². The highest BCUT2D eigenvalue weighted by atomic mass is 16.4. The Bertz CT molecular complexity index is 616. The minimum atomic E-state index is -0.228. The van der Waals surface area contributed by atoms with Gasteiger partial charge in [0, 0.05) is 19.2 Å². The number of carbonyl (C=O) groups is 1. The van der Waals surface area contributed by atoms with E-state index < -0.39 is 0 Å². The predicted octanol–water partition coefficient (Wildman–Crippen LogP) is 2.63. The Labute approximate surface area is 118 Å². The quantitative estimate of drug-likeness (QED) is 0.931. The largest absolute Gasteiger partial charge is 0.451 e. The van der Waals surface area contributed by atoms with Gasteiger partial charge in [-0.25, -0.2) is 0 Å². The number of hydrogen-bond donors (Lipinski definition) is 1. The van der Waals surface area contributed by atoms with Crippen molar-refractivity contribution in [3.05, 3.63) is 47.2 Å². The van der Waals surface area contributed by atoms with Crippen LogP contribution in [0.15, 0.2) is 34.7 Å². The molecule has 0 spiro atoms. The van der Waals surface area contributed by atoms with E-state index >= 15 is 0 Å². The molecule has 1 aromatic heterocycles. The second-order valence-electron chi connectivity index (χ2n) is 4.91. The zero-order valence-electron chi connectivity index (χ0n) is 12.0. The average molecular weight is 273 g/mol. The minimum Gasteiger partial charge on any atom is -0.451 e. The van der Waals surface area contributed by atoms with Gasteiger partial charge in [-0.05, 0) is 43.2 Å². The molecule has 106 valence electrons. The Balaban J connectivity index is 2.24. The van der Waals surface area contributed by atoms with Crippen LogP contribution in [0.25, 0.3) is 11.3 Å². The smallest absolute Gasteiger partial charge is 0.289 e. The Morgan fingerprint density at radius 3 is 2.60 bits per heavy atom. The topological polar surface area (TPSA) is 53.7 Å². The monoisotopic (exact) mass is 273 g/mol. The zero-order chi connectivity index (χ0) is 14.7. The summed E-state index contributed by atoms with van der Waals surface area (Å²) in [5.41, 5.74) is 3.36. The standard InChI is InChI=1S/C16H19NO3/c1-11-4-5-13(10-12(11)2)14-6-7-15(20-14)16(19)17(3)8-9-18/h4-7,10,18H,8-9H2,1-3H3. The van der Waals surface area contributed by atoms with Crippen molar-refractivity contribution in [3.63, 3.8) is 0 Å². The molecule has 4 nitrogen and oxygen atoms in total. The van der Waals surface area contributed by atoms with Gasteiger partial charge in [-0.3, -0.25) is 4.79 Å². The summed E-state index contributed by atoms with van der Waals surface area (Å²) in [5, 5.41) is 8.85. The molecule has 0 fully saturated rings. The van der Waals surface area contributed by atoms with Crippen molar-refractivity contribution in [2.75, 3.05) is 20.2 Å². The Morgan fingerprint density at radius 1 is 1.20 bits per heavy atom. The van der Waals surface area contributed by atoms with Crippen molar-refractivity contribution in [3.8, 4) is 11.3 Å². The molecule has 1 aromatic carbocycles. The van der Waals surface area contributed by atoms with Crippen LogP contribution in [0.4, 0.5) is 0 Å². The van der Waals surface area contributed by atoms with Gasteiger partial charge in [-0.15, -0.1) is 0 Å². The number of nitrogens with zero attached hydrogens (tertiary/aromatic N) is 1. The van der Waals surface area contributed by atoms with Crippen LogP contribution in [-0.2, 0) is 0 Å². The van der Waals surface area contributed by atoms with Crippen molar-refractivity contribution in [2.24, 2.45) is 0 Å². The summed E-state index contributed by atoms with van der Waals surface area (Å²) >= 11 is 0. The first-order valence-electron chi connectivity index (χ1n) is 6.56. The molecule has 0 unspecified atom stereocenters. The van der Waals surface area contributed by atoms with Gasteiger partial charge in [0.2, 0.25) is 0 Å². The van der Waals surface area contributed by atoms with Gasteiger partial charge in [0.25, 0.3) is 5.91 Å². The minimum absolute atomic E-state index is 0.0625. The third-order valence-corrected chi connectivity index (χ3v) is 3.39. The van der Waals surface area contributed by atoms with E-state index in [1.165, 1.54) is 16.0 Å². The van der Waals surface area contributed by atoms with Crippen LogP contribution in [0, 0.1) is 13.8 Å². The number of likely N-dealkylation sites (N-methyl/N-ethyl adjacent to an activating group) is 1. The highest BCUT2D eigenvalue weighted by Gasteiger charge is 2.16. The molecular formula is C16H19NO3. The molecule has 1 N–H and O–H groups in total. The Kier molecular flexibility index (Phi) is 4.25. The van der Waals surface area contributed by atoms with Gasteiger partial charge in [-0.1, -0.05) is 12.1 Å². The lowest BCUT2D eigenvalue weighted by atomic mass is 10.1. The first kappa shape index (κ1) is 14.3. The highest BCUT2D eigenvalue weighted by Crippen LogP contribution is 2.24. The van der Waals surface area contributed by atoms with Gasteiger partial charge in [0.05, 0.1) is 6.61 Å². The molecule has 4 heteroatoms. The van der Waals surface area contributed by atoms with Crippen molar-refractivity contribution in [1.82, 2.24) is 4.90 Å². The molecule has 0 aliphatic carbocycles. The summed E-state index contributed by atoms with van der Waals surface area (Å²) in [6.45, 7) is 4.33. The van der Waals surface area contributed by atoms with E-state index in [1.807, 2.05) is 25.1 Å². The molecule has 1 heterocycles. The van der Waals surface area contributed by atoms with Crippen LogP contribution in [0.3, 0.4) is 0 Å². The second kappa shape index (κ2) is 5.92. The maximum absolute atomic E-state index is 12.0. The molecule has 0 atom stereocenters. The van der Waals surface area contributed by atoms with Gasteiger partial charge >= 0.3 is 0 Å². The second-order valence-corrected chi connectivity index (χ2v) is 4.91. The Morgan fingerprint density at radius 2 is 1.95 bits per heavy atom. The lowest BCUT2D eigenvalue weighted by Gasteiger charge is -2.13. The summed E-state index contributed by atoms with van der Waals surface area (Å²) in [6.07, 6.45) is 0. The highest BCUT2D eigenvalue weighted by molar-refractivity contribution is 5.91. The number of furan rings is 1. The van der Waals surface area contributed by atoms with Gasteiger partial charge < -0.3 is 14.4 Å². The number of carbonyl (C=O) groups excluding carboxylic acids is 1. The third-order valence-electron chi connectivity index (χ3n) is 3.39. The fourth-order valence-electron chi connectivity index (χ4n) is 1.94. The van der Waals surface area contributed by atoms with E-state index in [0.29, 0.717) is 12.3 Å². The molecule has 1 amide bonds. The van der Waals surface area contributed by atoms with E-state index in [2.05, 4.69) is 6.92 Å². The Hall–Kier alpha value is -2.07. The summed E-state index contributed by atoms with van der Waals surface area (Å²) < 4.78 is 5.62. The molecular weight excluding hydrogens is 254 g/mol. The van der Waals surface area contributed by atoms with Crippen molar-refractivity contribution < 1.29 is 14.3 Å². The van der Waals surface area contributed by atoms with E-state index in [1.54, 1.807) is 19.2 Å². The van der Waals surface area contributed by atoms with Gasteiger partial charge in [-0.2, -0.15) is 0 Å². The van der Waals surface area contributed by atoms with Crippen LogP contribution in [0.5, 0.6) is 0 Å². The first-order valence-corrected chi connectivity index (χ1v) is 6.56. The molecule has 0 radical (unpaired) electrons. The van der Waals surface area contributed by atoms with Crippen LogP contribution >= 0.6 is 0 Å². The maximum Gasteiger partial charge on any atom is 0.289 e. The molecule has 20 heavy (non-hydrogen) atoms. The molecule has 0 saturated heterocycles. The van der Waals surface area contributed by atoms with E-state index in [9.17, 15) is 4.79 Å². The lowest BCUT2D eigenvalue weighted by Crippen LogP contribution is -2.29. The first-order chi connectivity index (χ1) is 9.52. The summed E-state index contributed by atoms with van der Waals surface area (Å²) in [5.74, 6) is 0.733. The predicted molar refractivity (Wildman–Crippen MR) is 77.7 cm³/mol. The molecule has 0 bridgehead atoms. The summed E-state index contributed by atoms with van der Waals surface area (Å²) in [4.78, 5) is 13.5. The van der Waals surface area contributed by atoms with Crippen LogP contribution in [-0.4, -0.2) is 36.1 Å². The molecule has 0 aliphatic rings. The molecule has 0 aliphatic heterocycles. The van der Waals surface area contributed by atoms with Gasteiger partial charge in [0.1, 0.15) is 5.76 Å². The molecule has 2 aromatic rings. The van der Waals surface area contributed by atoms with Crippen LogP contribution in [0.2, 0.25) is 0 Å². The third kappa shape index (κ3) is 2.91. The van der Waals surface area contributed by atoms with Crippen LogP contribution in [0.1, 0.15) is 21.7 Å². The van der Waals surface area contributed by atoms with Crippen LogP contribution < -0.4 is 0 Å². The number of aryl methyl sites for hydroxylation is 2. The summed E-state index contributed by atoms with van der Waals surface area (Å²) in [6, 6.07) is 9.52. The zero-order valence-corrected chi connectivity index (χ0v) is 12.0. The van der Waals surface area contributed by atoms with Gasteiger partial charge in [0.15, 0.2) is 5.76 Å². The van der Waals surface area contributed by atoms with E-state index in [4.69, 9.17) is 9.52 Å². The number of aliphatic hydroxyl groups is 1. The average Bonchev–Trinajstić information content (AvgIpc) is 2.91. The van der Waals surface area contributed by atoms with Crippen molar-refractivity contribution >= 4 is 5.91 Å². The molecule has 2 rings (SSSR count). The number of hydrogen-bond acceptors (Lipinski definition) is 3. The fraction of sp³-hybridized carbons (Fsp3) is 0.312. The van der Waals surface area contributed by atoms with E-state index in [-0.39, 0.29) is 18.3 Å². The van der Waals surface area contributed by atoms with Crippen molar-refractivity contribution in [2.45, 2.75) is 13.8 Å². The number of rotatable bonds is 4. The van der Waals surface area contributed by atoms with Crippen molar-refractivity contribution in [1.29, 1.82) is 0 Å². The number of benzene rings is 1. The number of amides is 1. The normalized spacial score (nSPS) is 10.6. The molecule has 0 saturated carbocycles. The maximum atomic E-state index is 12.0. The summed E-state index contributed by atoms with van der Waals surface area (Å²) in [7, 11) is 1.64.